The molecule has 0 amide bonds. The summed E-state index contributed by atoms with van der Waals surface area (Å²) in [4.78, 5) is 11.2. The van der Waals surface area contributed by atoms with Crippen molar-refractivity contribution in [3.63, 3.8) is 0 Å². The number of morpholine rings is 1. The second kappa shape index (κ2) is 8.87. The van der Waals surface area contributed by atoms with Crippen LogP contribution in [0.5, 0.6) is 0 Å². The van der Waals surface area contributed by atoms with Gasteiger partial charge in [0.1, 0.15) is 18.0 Å². The first-order valence-corrected chi connectivity index (χ1v) is 10.2. The zero-order valence-electron chi connectivity index (χ0n) is 16.7. The molecule has 28 heavy (non-hydrogen) atoms. The summed E-state index contributed by atoms with van der Waals surface area (Å²) in [5, 5.41) is 7.87. The number of hydrogen-bond donors (Lipinski definition) is 1. The van der Waals surface area contributed by atoms with Gasteiger partial charge in [0.25, 0.3) is 0 Å². The number of rotatable bonds is 6. The Morgan fingerprint density at radius 2 is 2.18 bits per heavy atom. The minimum atomic E-state index is 0.0945. The normalized spacial score (nSPS) is 25.8. The second-order valence-corrected chi connectivity index (χ2v) is 7.90. The predicted octanol–water partition coefficient (Wildman–Crippen LogP) is 2.19. The predicted molar refractivity (Wildman–Crippen MR) is 107 cm³/mol. The van der Waals surface area contributed by atoms with Gasteiger partial charge in [0.2, 0.25) is 0 Å². The standard InChI is InChI=1S/C20H30N6O2/c1-15(2)20-17(5-3-9-28-20)24-18-11-19(22-14-21-18)25-8-10-27-16(12-25)13-26-7-4-6-23-26/h4,6-7,11,14-17,20H,3,5,8-10,12-13H2,1-2H3,(H,21,22,24)/t16-,17+,20+/m1/s1. The first-order valence-electron chi connectivity index (χ1n) is 10.2. The van der Waals surface area contributed by atoms with E-state index in [2.05, 4.69) is 39.1 Å². The van der Waals surface area contributed by atoms with E-state index in [1.807, 2.05) is 23.0 Å². The Bertz CT molecular complexity index is 738. The van der Waals surface area contributed by atoms with Crippen LogP contribution < -0.4 is 10.2 Å². The average molecular weight is 387 g/mol. The van der Waals surface area contributed by atoms with E-state index in [1.165, 1.54) is 0 Å². The molecule has 8 nitrogen and oxygen atoms in total. The van der Waals surface area contributed by atoms with Crippen molar-refractivity contribution in [2.45, 2.75) is 51.5 Å². The first kappa shape index (κ1) is 19.1. The van der Waals surface area contributed by atoms with Gasteiger partial charge in [-0.25, -0.2) is 9.97 Å². The maximum Gasteiger partial charge on any atom is 0.134 e. The van der Waals surface area contributed by atoms with E-state index >= 15 is 0 Å². The Balaban J connectivity index is 1.41. The maximum absolute atomic E-state index is 5.99. The number of nitrogens with zero attached hydrogens (tertiary/aromatic N) is 5. The molecule has 2 saturated heterocycles. The van der Waals surface area contributed by atoms with Crippen LogP contribution >= 0.6 is 0 Å². The lowest BCUT2D eigenvalue weighted by molar-refractivity contribution is -0.0203. The Hall–Kier alpha value is -2.19. The SMILES string of the molecule is CC(C)[C@@H]1OCCC[C@@H]1Nc1cc(N2CCO[C@@H](Cn3cccn3)C2)ncn1. The third-order valence-corrected chi connectivity index (χ3v) is 5.42. The molecule has 8 heteroatoms. The fourth-order valence-electron chi connectivity index (χ4n) is 4.06. The molecule has 0 aromatic carbocycles. The molecule has 0 spiro atoms. The van der Waals surface area contributed by atoms with E-state index < -0.39 is 0 Å². The largest absolute Gasteiger partial charge is 0.376 e. The quantitative estimate of drug-likeness (QED) is 0.815. The average Bonchev–Trinajstić information content (AvgIpc) is 3.22. The van der Waals surface area contributed by atoms with Crippen molar-refractivity contribution in [3.8, 4) is 0 Å². The van der Waals surface area contributed by atoms with Gasteiger partial charge in [0.05, 0.1) is 31.4 Å². The monoisotopic (exact) mass is 386 g/mol. The van der Waals surface area contributed by atoms with Gasteiger partial charge >= 0.3 is 0 Å². The van der Waals surface area contributed by atoms with Crippen molar-refractivity contribution >= 4 is 11.6 Å². The molecular weight excluding hydrogens is 356 g/mol. The molecule has 2 aromatic heterocycles. The van der Waals surface area contributed by atoms with E-state index in [4.69, 9.17) is 9.47 Å². The van der Waals surface area contributed by atoms with Crippen molar-refractivity contribution in [1.82, 2.24) is 19.7 Å². The summed E-state index contributed by atoms with van der Waals surface area (Å²) < 4.78 is 13.8. The molecule has 1 N–H and O–H groups in total. The molecule has 2 aliphatic heterocycles. The van der Waals surface area contributed by atoms with Crippen LogP contribution in [0.15, 0.2) is 30.9 Å². The summed E-state index contributed by atoms with van der Waals surface area (Å²) in [7, 11) is 0. The summed E-state index contributed by atoms with van der Waals surface area (Å²) >= 11 is 0. The molecular formula is C20H30N6O2. The summed E-state index contributed by atoms with van der Waals surface area (Å²) in [6.07, 6.45) is 7.90. The fraction of sp³-hybridized carbons (Fsp3) is 0.650. The highest BCUT2D eigenvalue weighted by Crippen LogP contribution is 2.25. The van der Waals surface area contributed by atoms with Gasteiger partial charge in [-0.15, -0.1) is 0 Å². The van der Waals surface area contributed by atoms with Crippen LogP contribution in [0.1, 0.15) is 26.7 Å². The van der Waals surface area contributed by atoms with Crippen molar-refractivity contribution in [3.05, 3.63) is 30.9 Å². The fourth-order valence-corrected chi connectivity index (χ4v) is 4.06. The highest BCUT2D eigenvalue weighted by atomic mass is 16.5. The highest BCUT2D eigenvalue weighted by Gasteiger charge is 2.29. The van der Waals surface area contributed by atoms with Gasteiger partial charge in [0, 0.05) is 38.2 Å². The smallest absolute Gasteiger partial charge is 0.134 e. The zero-order chi connectivity index (χ0) is 19.3. The molecule has 0 radical (unpaired) electrons. The molecule has 2 aliphatic rings. The Kier molecular flexibility index (Phi) is 6.07. The van der Waals surface area contributed by atoms with E-state index in [0.717, 1.165) is 50.7 Å². The zero-order valence-corrected chi connectivity index (χ0v) is 16.7. The Morgan fingerprint density at radius 1 is 1.25 bits per heavy atom. The number of anilines is 2. The van der Waals surface area contributed by atoms with Gasteiger partial charge in [-0.05, 0) is 24.8 Å². The number of aromatic nitrogens is 4. The van der Waals surface area contributed by atoms with Gasteiger partial charge in [-0.2, -0.15) is 5.10 Å². The van der Waals surface area contributed by atoms with Crippen LogP contribution in [0, 0.1) is 5.92 Å². The van der Waals surface area contributed by atoms with Crippen LogP contribution in [0.2, 0.25) is 0 Å². The third kappa shape index (κ3) is 4.62. The van der Waals surface area contributed by atoms with Crippen molar-refractivity contribution in [2.75, 3.05) is 36.5 Å². The summed E-state index contributed by atoms with van der Waals surface area (Å²) in [5.74, 6) is 2.27. The molecule has 4 heterocycles. The van der Waals surface area contributed by atoms with E-state index in [9.17, 15) is 0 Å². The molecule has 4 rings (SSSR count). The lowest BCUT2D eigenvalue weighted by Crippen LogP contribution is -2.45. The maximum atomic E-state index is 5.99. The van der Waals surface area contributed by atoms with Crippen molar-refractivity contribution in [1.29, 1.82) is 0 Å². The first-order chi connectivity index (χ1) is 13.7. The Labute approximate surface area is 166 Å². The lowest BCUT2D eigenvalue weighted by Gasteiger charge is -2.36. The third-order valence-electron chi connectivity index (χ3n) is 5.42. The van der Waals surface area contributed by atoms with E-state index in [0.29, 0.717) is 12.5 Å². The molecule has 3 atom stereocenters. The molecule has 0 unspecified atom stereocenters. The number of ether oxygens (including phenoxy) is 2. The summed E-state index contributed by atoms with van der Waals surface area (Å²) in [5.41, 5.74) is 0. The topological polar surface area (TPSA) is 77.3 Å². The minimum absolute atomic E-state index is 0.0945. The van der Waals surface area contributed by atoms with Crippen LogP contribution in [0.4, 0.5) is 11.6 Å². The molecule has 152 valence electrons. The number of hydrogen-bond acceptors (Lipinski definition) is 7. The molecule has 2 aromatic rings. The summed E-state index contributed by atoms with van der Waals surface area (Å²) in [6.45, 7) is 8.32. The molecule has 2 fully saturated rings. The van der Waals surface area contributed by atoms with Gasteiger partial charge in [-0.3, -0.25) is 4.68 Å². The molecule has 0 aliphatic carbocycles. The number of nitrogens with one attached hydrogen (secondary N) is 1. The molecule has 0 saturated carbocycles. The minimum Gasteiger partial charge on any atom is -0.376 e. The van der Waals surface area contributed by atoms with Gasteiger partial charge in [0.15, 0.2) is 0 Å². The highest BCUT2D eigenvalue weighted by molar-refractivity contribution is 5.49. The van der Waals surface area contributed by atoms with Gasteiger partial charge < -0.3 is 19.7 Å². The van der Waals surface area contributed by atoms with Crippen LogP contribution in [-0.4, -0.2) is 64.3 Å². The van der Waals surface area contributed by atoms with Crippen LogP contribution in [0.3, 0.4) is 0 Å². The van der Waals surface area contributed by atoms with Gasteiger partial charge in [-0.1, -0.05) is 13.8 Å². The lowest BCUT2D eigenvalue weighted by atomic mass is 9.94. The molecule has 0 bridgehead atoms. The Morgan fingerprint density at radius 3 is 3.00 bits per heavy atom. The second-order valence-electron chi connectivity index (χ2n) is 7.90. The van der Waals surface area contributed by atoms with E-state index in [1.54, 1.807) is 12.5 Å². The van der Waals surface area contributed by atoms with Crippen molar-refractivity contribution in [2.24, 2.45) is 5.92 Å². The van der Waals surface area contributed by atoms with Crippen LogP contribution in [0.25, 0.3) is 0 Å². The van der Waals surface area contributed by atoms with Crippen LogP contribution in [-0.2, 0) is 16.0 Å². The van der Waals surface area contributed by atoms with Crippen molar-refractivity contribution < 1.29 is 9.47 Å². The summed E-state index contributed by atoms with van der Waals surface area (Å²) in [6, 6.07) is 4.26. The van der Waals surface area contributed by atoms with E-state index in [-0.39, 0.29) is 18.2 Å².